The van der Waals surface area contributed by atoms with Crippen LogP contribution in [0.2, 0.25) is 0 Å². The Kier molecular flexibility index (Phi) is 4.36. The topological polar surface area (TPSA) is 81.0 Å². The van der Waals surface area contributed by atoms with Crippen molar-refractivity contribution >= 4 is 22.7 Å². The molecule has 4 rings (SSSR count). The van der Waals surface area contributed by atoms with Gasteiger partial charge in [-0.3, -0.25) is 25.0 Å². The van der Waals surface area contributed by atoms with E-state index >= 15 is 0 Å². The molecule has 2 amide bonds. The van der Waals surface area contributed by atoms with Crippen LogP contribution in [0, 0.1) is 5.82 Å². The maximum atomic E-state index is 13.1. The Morgan fingerprint density at radius 1 is 1.00 bits per heavy atom. The first-order valence-electron chi connectivity index (χ1n) is 8.47. The van der Waals surface area contributed by atoms with E-state index in [-0.39, 0.29) is 11.5 Å². The highest BCUT2D eigenvalue weighted by Crippen LogP contribution is 2.20. The van der Waals surface area contributed by atoms with E-state index in [9.17, 15) is 14.0 Å². The number of fused-ring (bicyclic) bond motifs is 1. The van der Waals surface area contributed by atoms with Crippen molar-refractivity contribution in [2.45, 2.75) is 0 Å². The summed E-state index contributed by atoms with van der Waals surface area (Å²) in [7, 11) is 1.85. The maximum absolute atomic E-state index is 13.1. The first-order chi connectivity index (χ1) is 13.5. The Hall–Kier alpha value is -3.94. The van der Waals surface area contributed by atoms with Crippen molar-refractivity contribution < 1.29 is 14.0 Å². The molecule has 8 heteroatoms. The van der Waals surface area contributed by atoms with Crippen LogP contribution in [0.5, 0.6) is 0 Å². The minimum atomic E-state index is -0.546. The number of aryl methyl sites for hydroxylation is 1. The van der Waals surface area contributed by atoms with E-state index < -0.39 is 11.8 Å². The molecule has 0 aliphatic heterocycles. The third-order valence-electron chi connectivity index (χ3n) is 4.41. The quantitative estimate of drug-likeness (QED) is 0.539. The van der Waals surface area contributed by atoms with Gasteiger partial charge in [0.25, 0.3) is 11.8 Å². The molecule has 4 aromatic rings. The molecule has 0 saturated heterocycles. The summed E-state index contributed by atoms with van der Waals surface area (Å²) in [4.78, 5) is 29.0. The van der Waals surface area contributed by atoms with Gasteiger partial charge in [-0.1, -0.05) is 18.2 Å². The van der Waals surface area contributed by atoms with Gasteiger partial charge in [-0.15, -0.1) is 0 Å². The SMILES string of the molecule is Cn1cc(C(=O)NNC(=O)c2cncn2-c2ccc(F)cc2)c2ccccc21. The molecule has 140 valence electrons. The van der Waals surface area contributed by atoms with E-state index in [0.717, 1.165) is 10.9 Å². The molecule has 2 aromatic carbocycles. The average Bonchev–Trinajstić information content (AvgIpc) is 3.32. The number of imidazole rings is 1. The Balaban J connectivity index is 1.51. The normalized spacial score (nSPS) is 10.8. The lowest BCUT2D eigenvalue weighted by Crippen LogP contribution is -2.42. The smallest absolute Gasteiger partial charge is 0.288 e. The summed E-state index contributed by atoms with van der Waals surface area (Å²) in [5, 5.41) is 0.785. The van der Waals surface area contributed by atoms with Gasteiger partial charge in [0.2, 0.25) is 0 Å². The Morgan fingerprint density at radius 2 is 1.71 bits per heavy atom. The zero-order valence-electron chi connectivity index (χ0n) is 14.9. The van der Waals surface area contributed by atoms with E-state index in [0.29, 0.717) is 11.3 Å². The number of nitrogens with zero attached hydrogens (tertiary/aromatic N) is 3. The van der Waals surface area contributed by atoms with Crippen molar-refractivity contribution in [3.8, 4) is 5.69 Å². The minimum absolute atomic E-state index is 0.199. The number of para-hydroxylation sites is 1. The van der Waals surface area contributed by atoms with Crippen molar-refractivity contribution in [2.24, 2.45) is 7.05 Å². The second-order valence-electron chi connectivity index (χ2n) is 6.20. The van der Waals surface area contributed by atoms with Gasteiger partial charge in [0.05, 0.1) is 18.1 Å². The van der Waals surface area contributed by atoms with Crippen LogP contribution in [0.3, 0.4) is 0 Å². The van der Waals surface area contributed by atoms with E-state index in [1.165, 1.54) is 41.4 Å². The zero-order chi connectivity index (χ0) is 19.7. The molecule has 0 radical (unpaired) electrons. The van der Waals surface area contributed by atoms with Crippen LogP contribution in [0.1, 0.15) is 20.8 Å². The van der Waals surface area contributed by atoms with Crippen molar-refractivity contribution in [2.75, 3.05) is 0 Å². The van der Waals surface area contributed by atoms with E-state index in [4.69, 9.17) is 0 Å². The third-order valence-corrected chi connectivity index (χ3v) is 4.41. The first kappa shape index (κ1) is 17.5. The molecule has 0 aliphatic carbocycles. The van der Waals surface area contributed by atoms with Crippen molar-refractivity contribution in [1.82, 2.24) is 25.0 Å². The van der Waals surface area contributed by atoms with Crippen molar-refractivity contribution in [3.05, 3.63) is 84.3 Å². The highest BCUT2D eigenvalue weighted by molar-refractivity contribution is 6.07. The number of halogens is 1. The number of hydrogen-bond acceptors (Lipinski definition) is 3. The van der Waals surface area contributed by atoms with Gasteiger partial charge in [-0.25, -0.2) is 9.37 Å². The monoisotopic (exact) mass is 377 g/mol. The van der Waals surface area contributed by atoms with Gasteiger partial charge in [0.1, 0.15) is 11.5 Å². The molecule has 0 spiro atoms. The first-order valence-corrected chi connectivity index (χ1v) is 8.47. The van der Waals surface area contributed by atoms with Crippen LogP contribution in [-0.4, -0.2) is 25.9 Å². The molecular formula is C20H16FN5O2. The van der Waals surface area contributed by atoms with Gasteiger partial charge in [0.15, 0.2) is 0 Å². The Bertz CT molecular complexity index is 1180. The lowest BCUT2D eigenvalue weighted by molar-refractivity contribution is 0.0843. The lowest BCUT2D eigenvalue weighted by Gasteiger charge is -2.09. The van der Waals surface area contributed by atoms with Crippen LogP contribution >= 0.6 is 0 Å². The van der Waals surface area contributed by atoms with E-state index in [2.05, 4.69) is 15.8 Å². The highest BCUT2D eigenvalue weighted by atomic mass is 19.1. The summed E-state index contributed by atoms with van der Waals surface area (Å²) in [6.07, 6.45) is 4.51. The van der Waals surface area contributed by atoms with Gasteiger partial charge in [0, 0.05) is 29.8 Å². The van der Waals surface area contributed by atoms with Gasteiger partial charge in [-0.05, 0) is 30.3 Å². The predicted octanol–water partition coefficient (Wildman–Crippen LogP) is 2.58. The summed E-state index contributed by atoms with van der Waals surface area (Å²) in [6, 6.07) is 13.1. The molecule has 0 bridgehead atoms. The predicted molar refractivity (Wildman–Crippen MR) is 101 cm³/mol. The fourth-order valence-electron chi connectivity index (χ4n) is 3.04. The summed E-state index contributed by atoms with van der Waals surface area (Å²) in [5.74, 6) is -1.36. The molecule has 0 fully saturated rings. The second kappa shape index (κ2) is 6.99. The average molecular weight is 377 g/mol. The van der Waals surface area contributed by atoms with Crippen LogP contribution in [-0.2, 0) is 7.05 Å². The van der Waals surface area contributed by atoms with Gasteiger partial charge < -0.3 is 4.57 Å². The number of rotatable bonds is 3. The fraction of sp³-hybridized carbons (Fsp3) is 0.0500. The molecule has 0 aliphatic rings. The summed E-state index contributed by atoms with van der Waals surface area (Å²) in [6.45, 7) is 0. The molecular weight excluding hydrogens is 361 g/mol. The van der Waals surface area contributed by atoms with E-state index in [1.807, 2.05) is 35.9 Å². The van der Waals surface area contributed by atoms with Crippen molar-refractivity contribution in [3.63, 3.8) is 0 Å². The number of hydrazine groups is 1. The van der Waals surface area contributed by atoms with Crippen LogP contribution in [0.4, 0.5) is 4.39 Å². The number of hydrogen-bond donors (Lipinski definition) is 2. The number of carbonyl (C=O) groups is 2. The van der Waals surface area contributed by atoms with Crippen LogP contribution in [0.25, 0.3) is 16.6 Å². The number of aromatic nitrogens is 3. The molecule has 7 nitrogen and oxygen atoms in total. The molecule has 2 N–H and O–H groups in total. The van der Waals surface area contributed by atoms with Gasteiger partial charge >= 0.3 is 0 Å². The van der Waals surface area contributed by atoms with Crippen molar-refractivity contribution in [1.29, 1.82) is 0 Å². The zero-order valence-corrected chi connectivity index (χ0v) is 14.9. The largest absolute Gasteiger partial charge is 0.350 e. The molecule has 0 saturated carbocycles. The molecule has 2 aromatic heterocycles. The van der Waals surface area contributed by atoms with Crippen LogP contribution in [0.15, 0.2) is 67.3 Å². The number of amides is 2. The lowest BCUT2D eigenvalue weighted by atomic mass is 10.2. The number of benzene rings is 2. The summed E-state index contributed by atoms with van der Waals surface area (Å²) < 4.78 is 16.5. The molecule has 2 heterocycles. The summed E-state index contributed by atoms with van der Waals surface area (Å²) in [5.41, 5.74) is 6.96. The minimum Gasteiger partial charge on any atom is -0.350 e. The molecule has 0 atom stereocenters. The number of nitrogens with one attached hydrogen (secondary N) is 2. The van der Waals surface area contributed by atoms with Crippen LogP contribution < -0.4 is 10.9 Å². The third kappa shape index (κ3) is 3.11. The van der Waals surface area contributed by atoms with Gasteiger partial charge in [-0.2, -0.15) is 0 Å². The highest BCUT2D eigenvalue weighted by Gasteiger charge is 2.17. The second-order valence-corrected chi connectivity index (χ2v) is 6.20. The fourth-order valence-corrected chi connectivity index (χ4v) is 3.04. The molecule has 28 heavy (non-hydrogen) atoms. The standard InChI is InChI=1S/C20H16FN5O2/c1-25-11-16(15-4-2-3-5-17(15)25)19(27)23-24-20(28)18-10-22-12-26(18)14-8-6-13(21)7-9-14/h2-12H,1H3,(H,23,27)(H,24,28). The molecule has 0 unspecified atom stereocenters. The summed E-state index contributed by atoms with van der Waals surface area (Å²) >= 11 is 0. The maximum Gasteiger partial charge on any atom is 0.288 e. The Morgan fingerprint density at radius 3 is 2.50 bits per heavy atom. The Labute approximate surface area is 159 Å². The van der Waals surface area contributed by atoms with E-state index in [1.54, 1.807) is 6.20 Å². The number of carbonyl (C=O) groups excluding carboxylic acids is 2.